The maximum Gasteiger partial charge on any atom is 0.415 e. The number of nitro groups is 1. The third-order valence-electron chi connectivity index (χ3n) is 5.16. The lowest BCUT2D eigenvalue weighted by Crippen LogP contribution is -2.38. The van der Waals surface area contributed by atoms with Gasteiger partial charge in [0.2, 0.25) is 0 Å². The molecule has 0 radical (unpaired) electrons. The van der Waals surface area contributed by atoms with E-state index in [0.29, 0.717) is 18.0 Å². The molecule has 1 aliphatic rings. The van der Waals surface area contributed by atoms with Crippen LogP contribution in [0.2, 0.25) is 0 Å². The van der Waals surface area contributed by atoms with E-state index < -0.39 is 22.2 Å². The molecule has 5 rings (SSSR count). The summed E-state index contributed by atoms with van der Waals surface area (Å²) in [7, 11) is 0. The number of fused-ring (bicyclic) bond motifs is 1. The maximum absolute atomic E-state index is 14.0. The predicted octanol–water partition coefficient (Wildman–Crippen LogP) is 4.62. The molecule has 9 nitrogen and oxygen atoms in total. The molecule has 4 aromatic rings. The normalized spacial score (nSPS) is 16.9. The average molecular weight is 454 g/mol. The van der Waals surface area contributed by atoms with Crippen LogP contribution in [0.3, 0.4) is 0 Å². The number of nitrogens with zero attached hydrogens (tertiary/aromatic N) is 4. The van der Waals surface area contributed by atoms with Gasteiger partial charge in [-0.1, -0.05) is 5.16 Å². The van der Waals surface area contributed by atoms with Crippen molar-refractivity contribution in [3.63, 3.8) is 0 Å². The molecule has 0 aliphatic carbocycles. The zero-order chi connectivity index (χ0) is 23.2. The first-order chi connectivity index (χ1) is 15.8. The Balaban J connectivity index is 1.24. The molecule has 0 amide bonds. The van der Waals surface area contributed by atoms with Gasteiger partial charge in [0.05, 0.1) is 12.1 Å². The molecule has 1 atom stereocenters. The van der Waals surface area contributed by atoms with Gasteiger partial charge >= 0.3 is 11.8 Å². The largest absolute Gasteiger partial charge is 0.489 e. The van der Waals surface area contributed by atoms with Crippen LogP contribution >= 0.6 is 0 Å². The van der Waals surface area contributed by atoms with Gasteiger partial charge in [-0.05, 0) is 48.2 Å². The summed E-state index contributed by atoms with van der Waals surface area (Å²) in [5, 5.41) is 14.8. The van der Waals surface area contributed by atoms with E-state index in [-0.39, 0.29) is 29.8 Å². The van der Waals surface area contributed by atoms with Crippen LogP contribution in [0.4, 0.5) is 14.6 Å². The summed E-state index contributed by atoms with van der Waals surface area (Å²) in [4.78, 5) is 14.1. The molecule has 0 fully saturated rings. The van der Waals surface area contributed by atoms with Gasteiger partial charge in [0.25, 0.3) is 0 Å². The first-order valence-electron chi connectivity index (χ1n) is 9.86. The second kappa shape index (κ2) is 7.69. The van der Waals surface area contributed by atoms with Crippen LogP contribution < -0.4 is 9.47 Å². The number of rotatable bonds is 6. The van der Waals surface area contributed by atoms with Crippen molar-refractivity contribution in [3.05, 3.63) is 76.5 Å². The highest BCUT2D eigenvalue weighted by Gasteiger charge is 2.41. The van der Waals surface area contributed by atoms with Crippen molar-refractivity contribution < 1.29 is 27.7 Å². The van der Waals surface area contributed by atoms with E-state index in [1.807, 2.05) is 6.92 Å². The van der Waals surface area contributed by atoms with Gasteiger partial charge in [0.1, 0.15) is 35.9 Å². The van der Waals surface area contributed by atoms with Crippen LogP contribution in [0, 0.1) is 21.7 Å². The molecule has 11 heteroatoms. The van der Waals surface area contributed by atoms with Crippen molar-refractivity contribution in [3.8, 4) is 34.3 Å². The lowest BCUT2D eigenvalue weighted by Gasteiger charge is -2.22. The molecule has 0 saturated carbocycles. The zero-order valence-electron chi connectivity index (χ0n) is 17.2. The van der Waals surface area contributed by atoms with Crippen molar-refractivity contribution in [2.24, 2.45) is 0 Å². The standard InChI is InChI=1S/C22H16F2N4O5/c1-22(11-27-10-20(28(29)30)25-21(27)32-22)12-31-15-5-2-13(3-6-15)18-9-19(33-26-18)16-7-4-14(23)8-17(16)24/h2-10H,11-12H2,1H3/t22-/m1/s1. The van der Waals surface area contributed by atoms with E-state index in [1.54, 1.807) is 34.9 Å². The number of hydrogen-bond donors (Lipinski definition) is 0. The number of halogens is 2. The maximum atomic E-state index is 14.0. The molecule has 0 saturated heterocycles. The fourth-order valence-electron chi connectivity index (χ4n) is 3.54. The first-order valence-corrected chi connectivity index (χ1v) is 9.86. The summed E-state index contributed by atoms with van der Waals surface area (Å²) >= 11 is 0. The Hall–Kier alpha value is -4.28. The molecule has 0 spiro atoms. The highest BCUT2D eigenvalue weighted by Crippen LogP contribution is 2.32. The number of imidazole rings is 1. The monoisotopic (exact) mass is 454 g/mol. The Bertz CT molecular complexity index is 1330. The number of benzene rings is 2. The minimum Gasteiger partial charge on any atom is -0.489 e. The quantitative estimate of drug-likeness (QED) is 0.309. The van der Waals surface area contributed by atoms with Crippen LogP contribution in [0.25, 0.3) is 22.6 Å². The molecule has 0 bridgehead atoms. The summed E-state index contributed by atoms with van der Waals surface area (Å²) in [6.45, 7) is 2.39. The van der Waals surface area contributed by atoms with Gasteiger partial charge in [0, 0.05) is 22.7 Å². The third-order valence-corrected chi connectivity index (χ3v) is 5.16. The predicted molar refractivity (Wildman–Crippen MR) is 111 cm³/mol. The Kier molecular flexibility index (Phi) is 4.81. The second-order valence-corrected chi connectivity index (χ2v) is 7.83. The number of hydrogen-bond acceptors (Lipinski definition) is 7. The molecule has 2 aromatic carbocycles. The Morgan fingerprint density at radius 1 is 1.21 bits per heavy atom. The van der Waals surface area contributed by atoms with Gasteiger partial charge in [-0.25, -0.2) is 8.78 Å². The van der Waals surface area contributed by atoms with E-state index in [1.165, 1.54) is 12.3 Å². The van der Waals surface area contributed by atoms with Gasteiger partial charge in [-0.3, -0.25) is 4.57 Å². The summed E-state index contributed by atoms with van der Waals surface area (Å²) in [5.74, 6) is -0.906. The SMILES string of the molecule is C[C@]1(COc2ccc(-c3cc(-c4ccc(F)cc4F)on3)cc2)Cn2cc([N+](=O)[O-])nc2O1. The molecule has 3 heterocycles. The number of aromatic nitrogens is 3. The lowest BCUT2D eigenvalue weighted by atomic mass is 10.1. The van der Waals surface area contributed by atoms with Crippen LogP contribution in [0.1, 0.15) is 6.92 Å². The fourth-order valence-corrected chi connectivity index (χ4v) is 3.54. The van der Waals surface area contributed by atoms with Crippen LogP contribution in [0.5, 0.6) is 11.8 Å². The number of ether oxygens (including phenoxy) is 2. The summed E-state index contributed by atoms with van der Waals surface area (Å²) < 4.78 is 45.5. The molecular weight excluding hydrogens is 438 g/mol. The van der Waals surface area contributed by atoms with Gasteiger partial charge in [-0.15, -0.1) is 0 Å². The topological polar surface area (TPSA) is 105 Å². The van der Waals surface area contributed by atoms with Gasteiger partial charge < -0.3 is 24.1 Å². The van der Waals surface area contributed by atoms with Gasteiger partial charge in [0.15, 0.2) is 11.4 Å². The van der Waals surface area contributed by atoms with Gasteiger partial charge in [-0.2, -0.15) is 0 Å². The van der Waals surface area contributed by atoms with Crippen LogP contribution in [-0.2, 0) is 6.54 Å². The molecule has 168 valence electrons. The van der Waals surface area contributed by atoms with Crippen molar-refractivity contribution in [2.75, 3.05) is 6.61 Å². The molecule has 33 heavy (non-hydrogen) atoms. The van der Waals surface area contributed by atoms with Crippen LogP contribution in [-0.4, -0.2) is 31.8 Å². The molecule has 0 unspecified atom stereocenters. The molecule has 2 aromatic heterocycles. The van der Waals surface area contributed by atoms with E-state index >= 15 is 0 Å². The first kappa shape index (κ1) is 20.6. The lowest BCUT2D eigenvalue weighted by molar-refractivity contribution is -0.389. The third kappa shape index (κ3) is 4.00. The summed E-state index contributed by atoms with van der Waals surface area (Å²) in [5.41, 5.74) is 0.593. The van der Waals surface area contributed by atoms with E-state index in [0.717, 1.165) is 17.7 Å². The summed E-state index contributed by atoms with van der Waals surface area (Å²) in [6.07, 6.45) is 1.33. The van der Waals surface area contributed by atoms with E-state index in [2.05, 4.69) is 10.1 Å². The fraction of sp³-hybridized carbons (Fsp3) is 0.182. The zero-order valence-corrected chi connectivity index (χ0v) is 17.2. The van der Waals surface area contributed by atoms with Crippen molar-refractivity contribution in [2.45, 2.75) is 19.1 Å². The van der Waals surface area contributed by atoms with E-state index in [4.69, 9.17) is 14.0 Å². The van der Waals surface area contributed by atoms with Crippen molar-refractivity contribution >= 4 is 5.82 Å². The molecule has 1 aliphatic heterocycles. The van der Waals surface area contributed by atoms with Crippen molar-refractivity contribution in [1.29, 1.82) is 0 Å². The Morgan fingerprint density at radius 2 is 2.00 bits per heavy atom. The van der Waals surface area contributed by atoms with Crippen molar-refractivity contribution in [1.82, 2.24) is 14.7 Å². The molecular formula is C22H16F2N4O5. The highest BCUT2D eigenvalue weighted by atomic mass is 19.1. The minimum absolute atomic E-state index is 0.116. The summed E-state index contributed by atoms with van der Waals surface area (Å²) in [6, 6.07) is 12.0. The van der Waals surface area contributed by atoms with E-state index in [9.17, 15) is 18.9 Å². The Labute approximate surface area is 185 Å². The van der Waals surface area contributed by atoms with Crippen LogP contribution in [0.15, 0.2) is 59.3 Å². The average Bonchev–Trinajstić information content (AvgIpc) is 3.47. The molecule has 0 N–H and O–H groups in total. The smallest absolute Gasteiger partial charge is 0.415 e. The highest BCUT2D eigenvalue weighted by molar-refractivity contribution is 5.67. The minimum atomic E-state index is -0.736. The second-order valence-electron chi connectivity index (χ2n) is 7.83. The Morgan fingerprint density at radius 3 is 2.70 bits per heavy atom.